The molecule has 258 valence electrons. The maximum Gasteiger partial charge on any atom is 0.338 e. The molecule has 13 atom stereocenters. The van der Waals surface area contributed by atoms with Crippen molar-refractivity contribution in [1.29, 1.82) is 0 Å². The van der Waals surface area contributed by atoms with E-state index in [2.05, 4.69) is 18.7 Å². The van der Waals surface area contributed by atoms with Crippen molar-refractivity contribution in [2.24, 2.45) is 34.5 Å². The first-order valence-corrected chi connectivity index (χ1v) is 17.9. The second-order valence-corrected chi connectivity index (χ2v) is 15.8. The Morgan fingerprint density at radius 3 is 2.50 bits per heavy atom. The lowest BCUT2D eigenvalue weighted by atomic mass is 9.43. The number of piperidine rings is 1. The molecule has 5 saturated carbocycles. The largest absolute Gasteiger partial charge is 0.489 e. The Labute approximate surface area is 283 Å². The van der Waals surface area contributed by atoms with Crippen LogP contribution in [0.25, 0.3) is 0 Å². The highest BCUT2D eigenvalue weighted by atomic mass is 16.7. The lowest BCUT2D eigenvalue weighted by Crippen LogP contribution is -2.81. The maximum atomic E-state index is 14.4. The minimum atomic E-state index is -0.898. The molecule has 0 N–H and O–H groups in total. The van der Waals surface area contributed by atoms with Gasteiger partial charge in [0.1, 0.15) is 30.9 Å². The second-order valence-electron chi connectivity index (χ2n) is 15.8. The average Bonchev–Trinajstić information content (AvgIpc) is 3.70. The third-order valence-electron chi connectivity index (χ3n) is 14.4. The number of methoxy groups -OCH3 is 3. The van der Waals surface area contributed by atoms with Crippen LogP contribution < -0.4 is 4.74 Å². The van der Waals surface area contributed by atoms with Gasteiger partial charge >= 0.3 is 5.97 Å². The predicted octanol–water partition coefficient (Wildman–Crippen LogP) is 5.11. The van der Waals surface area contributed by atoms with Crippen molar-refractivity contribution in [3.05, 3.63) is 65.7 Å². The molecule has 9 nitrogen and oxygen atoms in total. The maximum absolute atomic E-state index is 14.4. The minimum absolute atomic E-state index is 0.00148. The van der Waals surface area contributed by atoms with E-state index in [4.69, 9.17) is 33.2 Å². The smallest absolute Gasteiger partial charge is 0.338 e. The van der Waals surface area contributed by atoms with Gasteiger partial charge in [-0.15, -0.1) is 0 Å². The molecule has 7 aliphatic rings. The Bertz CT molecular complexity index is 1550. The van der Waals surface area contributed by atoms with Crippen molar-refractivity contribution >= 4 is 5.97 Å². The summed E-state index contributed by atoms with van der Waals surface area (Å²) in [6.45, 7) is 7.11. The summed E-state index contributed by atoms with van der Waals surface area (Å²) in [6.07, 6.45) is 3.05. The van der Waals surface area contributed by atoms with Gasteiger partial charge in [-0.25, -0.2) is 4.79 Å². The molecule has 0 aromatic heterocycles. The van der Waals surface area contributed by atoms with Gasteiger partial charge < -0.3 is 33.2 Å². The van der Waals surface area contributed by atoms with E-state index >= 15 is 0 Å². The Morgan fingerprint density at radius 1 is 1.00 bits per heavy atom. The van der Waals surface area contributed by atoms with Gasteiger partial charge in [0.15, 0.2) is 5.60 Å². The van der Waals surface area contributed by atoms with Crippen molar-refractivity contribution in [2.45, 2.75) is 87.8 Å². The molecule has 48 heavy (non-hydrogen) atoms. The quantitative estimate of drug-likeness (QED) is 0.341. The van der Waals surface area contributed by atoms with Crippen LogP contribution in [-0.2, 0) is 35.0 Å². The van der Waals surface area contributed by atoms with Crippen LogP contribution in [0.5, 0.6) is 5.75 Å². The molecule has 7 fully saturated rings. The third-order valence-corrected chi connectivity index (χ3v) is 14.4. The van der Waals surface area contributed by atoms with Gasteiger partial charge in [0.2, 0.25) is 0 Å². The summed E-state index contributed by atoms with van der Waals surface area (Å²) in [5, 5.41) is 0. The number of likely N-dealkylation sites (tertiary alicyclic amines) is 1. The topological polar surface area (TPSA) is 84.9 Å². The van der Waals surface area contributed by atoms with Crippen molar-refractivity contribution in [1.82, 2.24) is 4.90 Å². The summed E-state index contributed by atoms with van der Waals surface area (Å²) in [4.78, 5) is 17.1. The van der Waals surface area contributed by atoms with Gasteiger partial charge in [-0.3, -0.25) is 4.90 Å². The fourth-order valence-electron chi connectivity index (χ4n) is 13.2. The number of benzene rings is 2. The van der Waals surface area contributed by atoms with E-state index in [-0.39, 0.29) is 71.6 Å². The molecule has 2 saturated heterocycles. The number of nitrogens with zero attached hydrogens (tertiary/aromatic N) is 1. The van der Waals surface area contributed by atoms with Crippen molar-refractivity contribution in [3.8, 4) is 5.75 Å². The molecule has 2 aromatic carbocycles. The van der Waals surface area contributed by atoms with Crippen molar-refractivity contribution < 1.29 is 38.0 Å². The molecule has 7 bridgehead atoms. The van der Waals surface area contributed by atoms with Crippen LogP contribution in [0.15, 0.2) is 54.6 Å². The van der Waals surface area contributed by atoms with E-state index in [0.717, 1.165) is 37.9 Å². The fourth-order valence-corrected chi connectivity index (χ4v) is 13.2. The summed E-state index contributed by atoms with van der Waals surface area (Å²) in [7, 11) is 5.53. The van der Waals surface area contributed by atoms with Gasteiger partial charge in [-0.05, 0) is 67.0 Å². The summed E-state index contributed by atoms with van der Waals surface area (Å²) in [5.74, 6) is 1.01. The number of esters is 1. The SMILES string of the molecule is CCN1C[C@]2(C)CC[C@H](OC)[C@@]34C1[C@@]1(OCO[C@@]15C[C@H](OC)[C@H]1C[C@@H]3[C@@H]5[C@H]1OC)[C@@H](OC(=O)c1ccc(OCc3ccccc3)cc1)[C@H]24. The number of carbonyl (C=O) groups excluding carboxylic acids is 1. The van der Waals surface area contributed by atoms with Gasteiger partial charge in [0, 0.05) is 57.5 Å². The Morgan fingerprint density at radius 2 is 1.79 bits per heavy atom. The zero-order valence-electron chi connectivity index (χ0n) is 28.8. The number of hydrogen-bond acceptors (Lipinski definition) is 9. The molecular formula is C39H49NO8. The normalized spacial score (nSPS) is 46.3. The first-order chi connectivity index (χ1) is 23.3. The molecule has 0 amide bonds. The van der Waals surface area contributed by atoms with E-state index in [9.17, 15) is 4.79 Å². The summed E-state index contributed by atoms with van der Waals surface area (Å²) < 4.78 is 46.5. The Hall–Kier alpha value is -2.53. The number of hydrogen-bond donors (Lipinski definition) is 0. The van der Waals surface area contributed by atoms with Crippen LogP contribution in [0.1, 0.15) is 55.5 Å². The number of fused-ring (bicyclic) bond motifs is 1. The number of ether oxygens (including phenoxy) is 7. The van der Waals surface area contributed by atoms with Crippen LogP contribution >= 0.6 is 0 Å². The Kier molecular flexibility index (Phi) is 7.20. The first kappa shape index (κ1) is 31.5. The fraction of sp³-hybridized carbons (Fsp3) is 0.667. The van der Waals surface area contributed by atoms with Crippen LogP contribution in [0.3, 0.4) is 0 Å². The summed E-state index contributed by atoms with van der Waals surface area (Å²) in [5.41, 5.74) is -0.434. The molecule has 3 spiro atoms. The zero-order chi connectivity index (χ0) is 33.1. The van der Waals surface area contributed by atoms with E-state index < -0.39 is 17.3 Å². The number of rotatable bonds is 9. The van der Waals surface area contributed by atoms with Gasteiger partial charge in [0.05, 0.1) is 29.9 Å². The van der Waals surface area contributed by atoms with E-state index in [1.54, 1.807) is 0 Å². The lowest BCUT2D eigenvalue weighted by Gasteiger charge is -2.69. The zero-order valence-corrected chi connectivity index (χ0v) is 28.8. The molecule has 1 unspecified atom stereocenters. The van der Waals surface area contributed by atoms with Crippen LogP contribution in [-0.4, -0.2) is 93.7 Å². The van der Waals surface area contributed by atoms with Gasteiger partial charge in [-0.2, -0.15) is 0 Å². The summed E-state index contributed by atoms with van der Waals surface area (Å²) in [6, 6.07) is 17.4. The number of carbonyl (C=O) groups is 1. The molecule has 0 radical (unpaired) electrons. The molecular weight excluding hydrogens is 610 g/mol. The van der Waals surface area contributed by atoms with Crippen LogP contribution in [0.2, 0.25) is 0 Å². The monoisotopic (exact) mass is 659 g/mol. The third kappa shape index (κ3) is 3.71. The predicted molar refractivity (Wildman–Crippen MR) is 175 cm³/mol. The van der Waals surface area contributed by atoms with Crippen molar-refractivity contribution in [2.75, 3.05) is 41.2 Å². The van der Waals surface area contributed by atoms with E-state index in [1.165, 1.54) is 0 Å². The van der Waals surface area contributed by atoms with Gasteiger partial charge in [0.25, 0.3) is 0 Å². The molecule has 9 heteroatoms. The standard InChI is InChI=1S/C39H49NO8/c1-6-40-21-36(2)17-16-29(43-4)38-27-18-26-28(42-3)19-37(30(27)31(26)44-5)39(35(38)40,47-22-46-37)33(32(36)38)48-34(41)24-12-14-25(15-13-24)45-20-23-10-8-7-9-11-23/h7-15,26-33,35H,6,16-22H2,1-5H3/t26-,27-,28+,29+,30-,31+,32-,33+,35?,36+,37-,38+,39+/m1/s1. The van der Waals surface area contributed by atoms with E-state index in [0.29, 0.717) is 24.3 Å². The summed E-state index contributed by atoms with van der Waals surface area (Å²) >= 11 is 0. The molecule has 9 rings (SSSR count). The van der Waals surface area contributed by atoms with Crippen LogP contribution in [0, 0.1) is 34.5 Å². The molecule has 2 aromatic rings. The highest BCUT2D eigenvalue weighted by Gasteiger charge is 2.94. The highest BCUT2D eigenvalue weighted by molar-refractivity contribution is 5.89. The van der Waals surface area contributed by atoms with Crippen molar-refractivity contribution in [3.63, 3.8) is 0 Å². The van der Waals surface area contributed by atoms with Gasteiger partial charge in [-0.1, -0.05) is 44.2 Å². The second kappa shape index (κ2) is 11.0. The molecule has 5 aliphatic carbocycles. The highest BCUT2D eigenvalue weighted by Crippen LogP contribution is 2.82. The first-order valence-electron chi connectivity index (χ1n) is 17.9. The minimum Gasteiger partial charge on any atom is -0.489 e. The number of likely N-dealkylation sites (N-methyl/N-ethyl adjacent to an activating group) is 1. The Balaban J connectivity index is 1.15. The van der Waals surface area contributed by atoms with Crippen LogP contribution in [0.4, 0.5) is 0 Å². The lowest BCUT2D eigenvalue weighted by molar-refractivity contribution is -0.282. The van der Waals surface area contributed by atoms with E-state index in [1.807, 2.05) is 75.9 Å². The molecule has 2 aliphatic heterocycles. The average molecular weight is 660 g/mol. The molecule has 2 heterocycles.